The number of nitrogens with zero attached hydrogens (tertiary/aromatic N) is 1. The van der Waals surface area contributed by atoms with Crippen LogP contribution in [0.2, 0.25) is 0 Å². The summed E-state index contributed by atoms with van der Waals surface area (Å²) in [6.07, 6.45) is 0.785. The van der Waals surface area contributed by atoms with Crippen LogP contribution in [0.4, 0.5) is 5.69 Å². The van der Waals surface area contributed by atoms with Crippen molar-refractivity contribution in [3.8, 4) is 0 Å². The molecule has 2 aliphatic heterocycles. The molecule has 7 nitrogen and oxygen atoms in total. The average Bonchev–Trinajstić information content (AvgIpc) is 3.16. The topological polar surface area (TPSA) is 93.1 Å². The second-order valence-electron chi connectivity index (χ2n) is 9.58. The molecule has 0 aromatic heterocycles. The highest BCUT2D eigenvalue weighted by atomic mass is 16.6. The van der Waals surface area contributed by atoms with E-state index in [1.165, 1.54) is 4.90 Å². The summed E-state index contributed by atoms with van der Waals surface area (Å²) in [5, 5.41) is 9.77. The maximum Gasteiger partial charge on any atom is 0.494 e. The minimum atomic E-state index is -1.11. The Balaban J connectivity index is 1.79. The first-order chi connectivity index (χ1) is 13.5. The molecule has 3 atom stereocenters. The molecule has 1 saturated carbocycles. The Labute approximate surface area is 170 Å². The molecule has 2 heterocycles. The quantitative estimate of drug-likeness (QED) is 0.617. The fourth-order valence-electron chi connectivity index (χ4n) is 5.64. The van der Waals surface area contributed by atoms with Gasteiger partial charge in [-0.05, 0) is 50.2 Å². The highest BCUT2D eigenvalue weighted by Gasteiger charge is 2.63. The van der Waals surface area contributed by atoms with Crippen molar-refractivity contribution in [1.29, 1.82) is 0 Å². The number of carbonyl (C=O) groups is 3. The molecule has 1 unspecified atom stereocenters. The number of carboxylic acid groups (broad SMARTS) is 1. The first-order valence-electron chi connectivity index (χ1n) is 9.95. The number of amides is 2. The highest BCUT2D eigenvalue weighted by molar-refractivity contribution is 6.61. The minimum absolute atomic E-state index is 0.209. The van der Waals surface area contributed by atoms with Gasteiger partial charge in [-0.2, -0.15) is 0 Å². The van der Waals surface area contributed by atoms with Crippen molar-refractivity contribution >= 4 is 36.1 Å². The van der Waals surface area contributed by atoms with Gasteiger partial charge in [-0.1, -0.05) is 26.0 Å². The number of imide groups is 1. The van der Waals surface area contributed by atoms with Crippen molar-refractivity contribution < 1.29 is 28.8 Å². The molecule has 1 aliphatic carbocycles. The van der Waals surface area contributed by atoms with E-state index < -0.39 is 29.3 Å². The molecule has 1 N–H and O–H groups in total. The summed E-state index contributed by atoms with van der Waals surface area (Å²) in [7, 11) is -0.509. The molecule has 4 rings (SSSR count). The van der Waals surface area contributed by atoms with E-state index in [0.29, 0.717) is 25.3 Å². The van der Waals surface area contributed by atoms with E-state index in [4.69, 9.17) is 9.31 Å². The van der Waals surface area contributed by atoms with Crippen LogP contribution >= 0.6 is 0 Å². The van der Waals surface area contributed by atoms with Crippen LogP contribution in [-0.2, 0) is 23.7 Å². The maximum absolute atomic E-state index is 13.6. The third kappa shape index (κ3) is 3.00. The molecule has 2 bridgehead atoms. The van der Waals surface area contributed by atoms with Crippen LogP contribution in [0.3, 0.4) is 0 Å². The summed E-state index contributed by atoms with van der Waals surface area (Å²) in [4.78, 5) is 40.3. The van der Waals surface area contributed by atoms with E-state index in [2.05, 4.69) is 0 Å². The molecule has 1 aromatic carbocycles. The van der Waals surface area contributed by atoms with Crippen LogP contribution < -0.4 is 10.4 Å². The Hall–Kier alpha value is -2.19. The van der Waals surface area contributed by atoms with Crippen molar-refractivity contribution in [3.05, 3.63) is 23.8 Å². The van der Waals surface area contributed by atoms with Crippen molar-refractivity contribution in [2.75, 3.05) is 18.1 Å². The molecule has 2 saturated heterocycles. The average molecular weight is 399 g/mol. The summed E-state index contributed by atoms with van der Waals surface area (Å²) in [5.41, 5.74) is -0.880. The van der Waals surface area contributed by atoms with Gasteiger partial charge in [0.2, 0.25) is 11.8 Å². The van der Waals surface area contributed by atoms with Gasteiger partial charge in [0.15, 0.2) is 0 Å². The Morgan fingerprint density at radius 1 is 1.03 bits per heavy atom. The third-order valence-electron chi connectivity index (χ3n) is 6.66. The summed E-state index contributed by atoms with van der Waals surface area (Å²) in [6, 6.07) is 5.51. The van der Waals surface area contributed by atoms with E-state index in [0.717, 1.165) is 11.0 Å². The number of piperidine rings is 1. The van der Waals surface area contributed by atoms with Gasteiger partial charge in [0.05, 0.1) is 24.3 Å². The number of aryl methyl sites for hydroxylation is 1. The summed E-state index contributed by atoms with van der Waals surface area (Å²) >= 11 is 0. The molecule has 3 fully saturated rings. The van der Waals surface area contributed by atoms with Gasteiger partial charge in [-0.25, -0.2) is 4.90 Å². The lowest BCUT2D eigenvalue weighted by molar-refractivity contribution is -0.167. The lowest BCUT2D eigenvalue weighted by atomic mass is 9.51. The van der Waals surface area contributed by atoms with Crippen LogP contribution in [0, 0.1) is 23.2 Å². The standard InChI is InChI=1S/C21H26BNO6/c1-13-5-6-14(22-28-7-8-29-22)9-15(13)23-16(24)19(2)10-20(3,17(23)25)12-21(4,11-19)18(26)27/h5-6,9H,7-8,10-12H2,1-4H3,(H,26,27)/t19-,20+,21?. The van der Waals surface area contributed by atoms with Gasteiger partial charge >= 0.3 is 13.1 Å². The summed E-state index contributed by atoms with van der Waals surface area (Å²) in [6.45, 7) is 8.07. The van der Waals surface area contributed by atoms with Crippen molar-refractivity contribution in [3.63, 3.8) is 0 Å². The first kappa shape index (κ1) is 20.1. The van der Waals surface area contributed by atoms with Crippen LogP contribution in [0.25, 0.3) is 0 Å². The number of benzene rings is 1. The number of carbonyl (C=O) groups excluding carboxylic acids is 2. The second kappa shape index (κ2) is 6.41. The fraction of sp³-hybridized carbons (Fsp3) is 0.571. The molecule has 0 spiro atoms. The largest absolute Gasteiger partial charge is 0.494 e. The van der Waals surface area contributed by atoms with Gasteiger partial charge in [0.1, 0.15) is 0 Å². The lowest BCUT2D eigenvalue weighted by Gasteiger charge is -2.55. The number of rotatable bonds is 3. The van der Waals surface area contributed by atoms with Crippen LogP contribution in [-0.4, -0.2) is 43.2 Å². The number of fused-ring (bicyclic) bond motifs is 2. The van der Waals surface area contributed by atoms with Crippen LogP contribution in [0.5, 0.6) is 0 Å². The van der Waals surface area contributed by atoms with E-state index in [1.54, 1.807) is 26.8 Å². The Morgan fingerprint density at radius 2 is 1.59 bits per heavy atom. The molecular weight excluding hydrogens is 373 g/mol. The molecule has 2 amide bonds. The maximum atomic E-state index is 13.6. The van der Waals surface area contributed by atoms with Gasteiger partial charge < -0.3 is 14.4 Å². The van der Waals surface area contributed by atoms with E-state index >= 15 is 0 Å². The van der Waals surface area contributed by atoms with Gasteiger partial charge in [0, 0.05) is 10.8 Å². The van der Waals surface area contributed by atoms with Crippen molar-refractivity contribution in [1.82, 2.24) is 0 Å². The predicted molar refractivity (Wildman–Crippen MR) is 107 cm³/mol. The molecule has 3 aliphatic rings. The molecule has 8 heteroatoms. The Kier molecular flexibility index (Phi) is 4.44. The minimum Gasteiger partial charge on any atom is -0.481 e. The lowest BCUT2D eigenvalue weighted by Crippen LogP contribution is -2.64. The zero-order valence-corrected chi connectivity index (χ0v) is 17.3. The zero-order chi connectivity index (χ0) is 21.2. The van der Waals surface area contributed by atoms with Gasteiger partial charge in [0.25, 0.3) is 0 Å². The van der Waals surface area contributed by atoms with Crippen molar-refractivity contribution in [2.24, 2.45) is 16.2 Å². The van der Waals surface area contributed by atoms with E-state index in [9.17, 15) is 19.5 Å². The predicted octanol–water partition coefficient (Wildman–Crippen LogP) is 1.90. The van der Waals surface area contributed by atoms with Crippen LogP contribution in [0.1, 0.15) is 45.6 Å². The molecule has 29 heavy (non-hydrogen) atoms. The third-order valence-corrected chi connectivity index (χ3v) is 6.66. The molecular formula is C21H26BNO6. The summed E-state index contributed by atoms with van der Waals surface area (Å²) in [5.74, 6) is -1.63. The van der Waals surface area contributed by atoms with Gasteiger partial charge in [-0.3, -0.25) is 14.4 Å². The summed E-state index contributed by atoms with van der Waals surface area (Å²) < 4.78 is 11.1. The molecule has 0 radical (unpaired) electrons. The van der Waals surface area contributed by atoms with Gasteiger partial charge in [-0.15, -0.1) is 0 Å². The normalized spacial score (nSPS) is 34.6. The first-order valence-corrected chi connectivity index (χ1v) is 9.95. The van der Waals surface area contributed by atoms with Crippen molar-refractivity contribution in [2.45, 2.75) is 47.0 Å². The zero-order valence-electron chi connectivity index (χ0n) is 17.3. The molecule has 154 valence electrons. The Morgan fingerprint density at radius 3 is 2.10 bits per heavy atom. The number of carboxylic acids is 1. The molecule has 1 aromatic rings. The second-order valence-corrected chi connectivity index (χ2v) is 9.58. The Bertz CT molecular complexity index is 880. The highest BCUT2D eigenvalue weighted by Crippen LogP contribution is 2.59. The fourth-order valence-corrected chi connectivity index (χ4v) is 5.64. The number of hydrogen-bond acceptors (Lipinski definition) is 5. The number of aliphatic carboxylic acids is 1. The van der Waals surface area contributed by atoms with E-state index in [-0.39, 0.29) is 24.7 Å². The number of anilines is 1. The van der Waals surface area contributed by atoms with Crippen LogP contribution in [0.15, 0.2) is 18.2 Å². The monoisotopic (exact) mass is 399 g/mol. The SMILES string of the molecule is Cc1ccc(B2OCCO2)cc1N1C(=O)[C@@]2(C)CC(C)(C(=O)O)C[C@](C)(C2)C1=O. The smallest absolute Gasteiger partial charge is 0.481 e. The number of hydrogen-bond donors (Lipinski definition) is 1. The van der Waals surface area contributed by atoms with E-state index in [1.807, 2.05) is 19.1 Å².